The Labute approximate surface area is 170 Å². The Kier molecular flexibility index (Phi) is 5.24. The molecule has 3 nitrogen and oxygen atoms in total. The van der Waals surface area contributed by atoms with Crippen molar-refractivity contribution in [1.82, 2.24) is 0 Å². The summed E-state index contributed by atoms with van der Waals surface area (Å²) in [5, 5.41) is 0. The number of hydrogen-bond acceptors (Lipinski definition) is 2. The summed E-state index contributed by atoms with van der Waals surface area (Å²) >= 11 is -2.09. The zero-order valence-corrected chi connectivity index (χ0v) is 18.5. The number of hydrogen-bond donors (Lipinski definition) is 1. The summed E-state index contributed by atoms with van der Waals surface area (Å²) in [6.45, 7) is 14.3. The van der Waals surface area contributed by atoms with E-state index >= 15 is 0 Å². The average Bonchev–Trinajstić information content (AvgIpc) is 2.61. The van der Waals surface area contributed by atoms with Crippen molar-refractivity contribution in [2.75, 3.05) is 0 Å². The van der Waals surface area contributed by atoms with Gasteiger partial charge in [-0.15, -0.1) is 0 Å². The molecule has 0 saturated heterocycles. The minimum Gasteiger partial charge on any atom is -0.302 e. The van der Waals surface area contributed by atoms with E-state index < -0.39 is 11.1 Å². The van der Waals surface area contributed by atoms with Gasteiger partial charge in [-0.05, 0) is 79.6 Å². The number of carbonyl (C=O) groups is 1. The molecule has 0 radical (unpaired) electrons. The van der Waals surface area contributed by atoms with Gasteiger partial charge >= 0.3 is 0 Å². The molecular weight excluding hydrogens is 368 g/mol. The maximum absolute atomic E-state index is 13.6. The van der Waals surface area contributed by atoms with Crippen molar-refractivity contribution < 1.29 is 13.6 Å². The van der Waals surface area contributed by atoms with Crippen LogP contribution in [0.1, 0.15) is 71.4 Å². The molecule has 1 aliphatic carbocycles. The van der Waals surface area contributed by atoms with Gasteiger partial charge in [0.15, 0.2) is 16.9 Å². The summed E-state index contributed by atoms with van der Waals surface area (Å²) in [7, 11) is 0. The molecule has 0 amide bonds. The molecule has 0 saturated carbocycles. The van der Waals surface area contributed by atoms with Crippen LogP contribution in [0.5, 0.6) is 0 Å². The highest BCUT2D eigenvalue weighted by Gasteiger charge is 2.38. The lowest BCUT2D eigenvalue weighted by Gasteiger charge is -2.36. The van der Waals surface area contributed by atoms with Crippen LogP contribution >= 0.6 is 0 Å². The number of aryl methyl sites for hydroxylation is 4. The van der Waals surface area contributed by atoms with Crippen LogP contribution in [0, 0.1) is 20.8 Å². The first kappa shape index (κ1) is 20.7. The minimum atomic E-state index is -2.09. The highest BCUT2D eigenvalue weighted by molar-refractivity contribution is 7.79. The summed E-state index contributed by atoms with van der Waals surface area (Å²) in [4.78, 5) is 14.0. The Hall–Kier alpha value is -2.04. The van der Waals surface area contributed by atoms with Crippen molar-refractivity contribution in [2.45, 2.75) is 65.2 Å². The standard InChI is InChI=1S/C24H28O3S/c1-8-17-11-19-20(10-13(17)2)24(6,7)16(5)22(23(19)25)18-12-21(28(26)27)15(4)9-14(18)3/h9-12H,8H2,1-7H3,(H,26,27). The number of Topliss-reactive ketones (excluding diaryl/α,β-unsaturated/α-hetero) is 1. The summed E-state index contributed by atoms with van der Waals surface area (Å²) in [5.74, 6) is 0.00292. The smallest absolute Gasteiger partial charge is 0.193 e. The maximum Gasteiger partial charge on any atom is 0.193 e. The van der Waals surface area contributed by atoms with E-state index in [-0.39, 0.29) is 11.2 Å². The zero-order chi connectivity index (χ0) is 21.0. The molecule has 1 aliphatic rings. The third-order valence-electron chi connectivity index (χ3n) is 6.29. The summed E-state index contributed by atoms with van der Waals surface area (Å²) < 4.78 is 21.5. The molecule has 1 atom stereocenters. The Morgan fingerprint density at radius 2 is 1.57 bits per heavy atom. The number of carbonyl (C=O) groups excluding carboxylic acids is 1. The highest BCUT2D eigenvalue weighted by Crippen LogP contribution is 2.45. The fraction of sp³-hybridized carbons (Fsp3) is 0.375. The number of rotatable bonds is 3. The Morgan fingerprint density at radius 3 is 2.14 bits per heavy atom. The molecule has 28 heavy (non-hydrogen) atoms. The lowest BCUT2D eigenvalue weighted by Crippen LogP contribution is -2.30. The molecule has 2 aromatic rings. The number of allylic oxidation sites excluding steroid dienone is 2. The number of ketones is 1. The number of fused-ring (bicyclic) bond motifs is 1. The van der Waals surface area contributed by atoms with Gasteiger partial charge in [0.05, 0.1) is 4.90 Å². The molecule has 3 rings (SSSR count). The van der Waals surface area contributed by atoms with Crippen molar-refractivity contribution in [3.05, 3.63) is 68.8 Å². The third kappa shape index (κ3) is 3.09. The van der Waals surface area contributed by atoms with Crippen LogP contribution in [0.15, 0.2) is 34.7 Å². The molecule has 0 heterocycles. The predicted molar refractivity (Wildman–Crippen MR) is 115 cm³/mol. The fourth-order valence-corrected chi connectivity index (χ4v) is 4.83. The second kappa shape index (κ2) is 7.09. The van der Waals surface area contributed by atoms with Gasteiger partial charge in [-0.1, -0.05) is 38.5 Å². The number of benzene rings is 2. The van der Waals surface area contributed by atoms with Crippen LogP contribution in [0.4, 0.5) is 0 Å². The molecule has 1 unspecified atom stereocenters. The van der Waals surface area contributed by atoms with Crippen molar-refractivity contribution in [1.29, 1.82) is 0 Å². The van der Waals surface area contributed by atoms with Gasteiger partial charge in [0.25, 0.3) is 0 Å². The van der Waals surface area contributed by atoms with Gasteiger partial charge in [-0.25, -0.2) is 4.21 Å². The molecule has 1 N–H and O–H groups in total. The Balaban J connectivity index is 2.34. The van der Waals surface area contributed by atoms with Gasteiger partial charge in [-0.2, -0.15) is 0 Å². The molecule has 0 spiro atoms. The molecule has 148 valence electrons. The topological polar surface area (TPSA) is 54.4 Å². The van der Waals surface area contributed by atoms with Gasteiger partial charge in [-0.3, -0.25) is 4.79 Å². The second-order valence-corrected chi connectivity index (χ2v) is 9.25. The molecule has 4 heteroatoms. The molecule has 0 bridgehead atoms. The van der Waals surface area contributed by atoms with Crippen molar-refractivity contribution >= 4 is 22.4 Å². The van der Waals surface area contributed by atoms with Crippen LogP contribution < -0.4 is 0 Å². The largest absolute Gasteiger partial charge is 0.302 e. The van der Waals surface area contributed by atoms with Crippen LogP contribution in [0.3, 0.4) is 0 Å². The van der Waals surface area contributed by atoms with Crippen LogP contribution in [-0.2, 0) is 22.9 Å². The van der Waals surface area contributed by atoms with E-state index in [1.807, 2.05) is 32.9 Å². The summed E-state index contributed by atoms with van der Waals surface area (Å²) in [5.41, 5.74) is 8.01. The van der Waals surface area contributed by atoms with Gasteiger partial charge < -0.3 is 4.55 Å². The van der Waals surface area contributed by atoms with E-state index in [9.17, 15) is 13.6 Å². The second-order valence-electron chi connectivity index (χ2n) is 8.31. The van der Waals surface area contributed by atoms with Crippen molar-refractivity contribution in [2.24, 2.45) is 0 Å². The first-order valence-corrected chi connectivity index (χ1v) is 10.7. The summed E-state index contributed by atoms with van der Waals surface area (Å²) in [6, 6.07) is 7.80. The monoisotopic (exact) mass is 396 g/mol. The third-order valence-corrected chi connectivity index (χ3v) is 7.11. The minimum absolute atomic E-state index is 0.00292. The molecule has 0 aliphatic heterocycles. The van der Waals surface area contributed by atoms with E-state index in [0.29, 0.717) is 10.5 Å². The van der Waals surface area contributed by atoms with Crippen LogP contribution in [0.2, 0.25) is 0 Å². The van der Waals surface area contributed by atoms with Gasteiger partial charge in [0, 0.05) is 16.6 Å². The average molecular weight is 397 g/mol. The van der Waals surface area contributed by atoms with Crippen LogP contribution in [0.25, 0.3) is 5.57 Å². The lowest BCUT2D eigenvalue weighted by atomic mass is 9.66. The first-order chi connectivity index (χ1) is 13.0. The Bertz CT molecular complexity index is 1060. The van der Waals surface area contributed by atoms with Gasteiger partial charge in [0.1, 0.15) is 0 Å². The van der Waals surface area contributed by atoms with E-state index in [2.05, 4.69) is 33.8 Å². The van der Waals surface area contributed by atoms with Crippen LogP contribution in [-0.4, -0.2) is 14.5 Å². The van der Waals surface area contributed by atoms with E-state index in [4.69, 9.17) is 0 Å². The predicted octanol–water partition coefficient (Wildman–Crippen LogP) is 5.70. The van der Waals surface area contributed by atoms with Gasteiger partial charge in [0.2, 0.25) is 0 Å². The Morgan fingerprint density at radius 1 is 0.929 bits per heavy atom. The zero-order valence-electron chi connectivity index (χ0n) is 17.7. The molecule has 0 aromatic heterocycles. The van der Waals surface area contributed by atoms with Crippen molar-refractivity contribution in [3.8, 4) is 0 Å². The molecule has 0 fully saturated rings. The maximum atomic E-state index is 13.6. The lowest BCUT2D eigenvalue weighted by molar-refractivity contribution is 0.105. The fourth-order valence-electron chi connectivity index (χ4n) is 4.27. The quantitative estimate of drug-likeness (QED) is 0.677. The normalized spacial score (nSPS) is 16.9. The van der Waals surface area contributed by atoms with E-state index in [1.165, 1.54) is 11.1 Å². The molecular formula is C24H28O3S. The van der Waals surface area contributed by atoms with E-state index in [1.54, 1.807) is 6.07 Å². The molecule has 2 aromatic carbocycles. The SMILES string of the molecule is CCc1cc2c(cc1C)C(C)(C)C(C)=C(c1cc(S(=O)O)c(C)cc1C)C2=O. The van der Waals surface area contributed by atoms with E-state index in [0.717, 1.165) is 39.8 Å². The summed E-state index contributed by atoms with van der Waals surface area (Å²) in [6.07, 6.45) is 0.877. The highest BCUT2D eigenvalue weighted by atomic mass is 32.2. The first-order valence-electron chi connectivity index (χ1n) is 9.63. The van der Waals surface area contributed by atoms with Crippen molar-refractivity contribution in [3.63, 3.8) is 0 Å².